The van der Waals surface area contributed by atoms with Gasteiger partial charge in [0.1, 0.15) is 5.75 Å². The van der Waals surface area contributed by atoms with Gasteiger partial charge in [0.15, 0.2) is 5.16 Å². The molecule has 0 bridgehead atoms. The summed E-state index contributed by atoms with van der Waals surface area (Å²) >= 11 is 2.95. The van der Waals surface area contributed by atoms with Crippen molar-refractivity contribution in [2.45, 2.75) is 17.0 Å². The van der Waals surface area contributed by atoms with Crippen molar-refractivity contribution in [1.29, 1.82) is 0 Å². The number of benzene rings is 3. The van der Waals surface area contributed by atoms with Crippen LogP contribution in [0.5, 0.6) is 5.75 Å². The molecule has 0 aliphatic heterocycles. The van der Waals surface area contributed by atoms with Gasteiger partial charge in [-0.1, -0.05) is 41.6 Å². The van der Waals surface area contributed by atoms with Gasteiger partial charge in [0.25, 0.3) is 5.56 Å². The molecule has 0 saturated heterocycles. The van der Waals surface area contributed by atoms with E-state index in [1.165, 1.54) is 22.2 Å². The molecular formula is C26H25N3O3S2. The van der Waals surface area contributed by atoms with Gasteiger partial charge in [-0.25, -0.2) is 4.98 Å². The highest BCUT2D eigenvalue weighted by atomic mass is 32.2. The zero-order chi connectivity index (χ0) is 23.9. The first-order valence-corrected chi connectivity index (χ1v) is 12.8. The summed E-state index contributed by atoms with van der Waals surface area (Å²) in [5.74, 6) is 1.54. The van der Waals surface area contributed by atoms with Gasteiger partial charge >= 0.3 is 0 Å². The number of aryl methyl sites for hydroxylation is 1. The van der Waals surface area contributed by atoms with E-state index in [0.717, 1.165) is 5.75 Å². The summed E-state index contributed by atoms with van der Waals surface area (Å²) < 4.78 is 6.78. The van der Waals surface area contributed by atoms with Crippen molar-refractivity contribution in [2.24, 2.45) is 0 Å². The Morgan fingerprint density at radius 2 is 1.74 bits per heavy atom. The largest absolute Gasteiger partial charge is 0.497 e. The molecule has 6 nitrogen and oxygen atoms in total. The van der Waals surface area contributed by atoms with Crippen LogP contribution in [-0.2, 0) is 4.79 Å². The molecule has 4 rings (SSSR count). The van der Waals surface area contributed by atoms with Gasteiger partial charge in [-0.15, -0.1) is 11.8 Å². The second kappa shape index (κ2) is 11.3. The number of thioether (sulfide) groups is 2. The Kier molecular flexibility index (Phi) is 7.92. The summed E-state index contributed by atoms with van der Waals surface area (Å²) in [5.41, 5.74) is 2.33. The molecule has 1 heterocycles. The Hall–Kier alpha value is -3.23. The van der Waals surface area contributed by atoms with Crippen molar-refractivity contribution in [3.05, 3.63) is 88.7 Å². The Balaban J connectivity index is 1.45. The first-order chi connectivity index (χ1) is 16.5. The van der Waals surface area contributed by atoms with Crippen LogP contribution in [-0.4, -0.2) is 40.6 Å². The van der Waals surface area contributed by atoms with Gasteiger partial charge in [0, 0.05) is 17.2 Å². The lowest BCUT2D eigenvalue weighted by molar-refractivity contribution is -0.118. The lowest BCUT2D eigenvalue weighted by atomic mass is 10.2. The van der Waals surface area contributed by atoms with Crippen LogP contribution in [0.1, 0.15) is 5.56 Å². The minimum atomic E-state index is -0.173. The summed E-state index contributed by atoms with van der Waals surface area (Å²) in [7, 11) is 1.60. The second-order valence-electron chi connectivity index (χ2n) is 7.55. The van der Waals surface area contributed by atoms with Crippen LogP contribution in [0, 0.1) is 6.92 Å². The van der Waals surface area contributed by atoms with Crippen LogP contribution >= 0.6 is 23.5 Å². The minimum Gasteiger partial charge on any atom is -0.497 e. The molecule has 174 valence electrons. The topological polar surface area (TPSA) is 73.2 Å². The average Bonchev–Trinajstić information content (AvgIpc) is 2.87. The zero-order valence-corrected chi connectivity index (χ0v) is 20.6. The quantitative estimate of drug-likeness (QED) is 0.208. The molecule has 0 atom stereocenters. The van der Waals surface area contributed by atoms with E-state index in [1.807, 2.05) is 30.3 Å². The van der Waals surface area contributed by atoms with Crippen LogP contribution in [0.25, 0.3) is 16.6 Å². The monoisotopic (exact) mass is 491 g/mol. The molecule has 0 aliphatic carbocycles. The Morgan fingerprint density at radius 1 is 1.00 bits per heavy atom. The van der Waals surface area contributed by atoms with Crippen molar-refractivity contribution in [1.82, 2.24) is 14.9 Å². The van der Waals surface area contributed by atoms with E-state index < -0.39 is 0 Å². The lowest BCUT2D eigenvalue weighted by Gasteiger charge is -2.13. The van der Waals surface area contributed by atoms with Crippen LogP contribution in [0.2, 0.25) is 0 Å². The normalized spacial score (nSPS) is 10.9. The standard InChI is InChI=1S/C26H25N3O3S2/c1-18-7-13-21(14-8-18)33-16-15-27-24(30)17-34-26-28-23-6-4-3-5-22(23)25(31)29(26)19-9-11-20(32-2)12-10-19/h3-14H,15-17H2,1-2H3,(H,27,30). The molecular weight excluding hydrogens is 466 g/mol. The summed E-state index contributed by atoms with van der Waals surface area (Å²) in [4.78, 5) is 31.6. The summed E-state index contributed by atoms with van der Waals surface area (Å²) in [6.45, 7) is 2.62. The Morgan fingerprint density at radius 3 is 2.47 bits per heavy atom. The summed E-state index contributed by atoms with van der Waals surface area (Å²) in [5, 5.41) is 3.95. The van der Waals surface area contributed by atoms with Gasteiger partial charge in [-0.05, 0) is 55.5 Å². The third kappa shape index (κ3) is 5.81. The van der Waals surface area contributed by atoms with E-state index in [-0.39, 0.29) is 17.2 Å². The number of nitrogens with one attached hydrogen (secondary N) is 1. The zero-order valence-electron chi connectivity index (χ0n) is 19.0. The number of ether oxygens (including phenoxy) is 1. The molecule has 3 aromatic carbocycles. The molecule has 0 fully saturated rings. The summed E-state index contributed by atoms with van der Waals surface area (Å²) in [6, 6.07) is 22.8. The van der Waals surface area contributed by atoms with Crippen LogP contribution in [0.15, 0.2) is 87.6 Å². The second-order valence-corrected chi connectivity index (χ2v) is 9.66. The molecule has 1 aromatic heterocycles. The first kappa shape index (κ1) is 23.9. The highest BCUT2D eigenvalue weighted by molar-refractivity contribution is 7.99. The van der Waals surface area contributed by atoms with Gasteiger partial charge < -0.3 is 10.1 Å². The van der Waals surface area contributed by atoms with E-state index in [9.17, 15) is 9.59 Å². The average molecular weight is 492 g/mol. The van der Waals surface area contributed by atoms with Crippen molar-refractivity contribution in [2.75, 3.05) is 25.2 Å². The number of nitrogens with zero attached hydrogens (tertiary/aromatic N) is 2. The predicted octanol–water partition coefficient (Wildman–Crippen LogP) is 4.70. The van der Waals surface area contributed by atoms with Gasteiger partial charge in [0.2, 0.25) is 5.91 Å². The van der Waals surface area contributed by atoms with Gasteiger partial charge in [-0.3, -0.25) is 14.2 Å². The van der Waals surface area contributed by atoms with Crippen molar-refractivity contribution >= 4 is 40.3 Å². The SMILES string of the molecule is COc1ccc(-n2c(SCC(=O)NCCSc3ccc(C)cc3)nc3ccccc3c2=O)cc1. The van der Waals surface area contributed by atoms with Crippen LogP contribution < -0.4 is 15.6 Å². The van der Waals surface area contributed by atoms with Crippen LogP contribution in [0.4, 0.5) is 0 Å². The van der Waals surface area contributed by atoms with E-state index in [1.54, 1.807) is 41.6 Å². The third-order valence-electron chi connectivity index (χ3n) is 5.12. The number of aromatic nitrogens is 2. The number of para-hydroxylation sites is 1. The van der Waals surface area contributed by atoms with E-state index in [2.05, 4.69) is 41.5 Å². The number of hydrogen-bond acceptors (Lipinski definition) is 6. The maximum Gasteiger partial charge on any atom is 0.266 e. The smallest absolute Gasteiger partial charge is 0.266 e. The highest BCUT2D eigenvalue weighted by Crippen LogP contribution is 2.23. The highest BCUT2D eigenvalue weighted by Gasteiger charge is 2.15. The number of rotatable bonds is 9. The number of methoxy groups -OCH3 is 1. The maximum atomic E-state index is 13.3. The van der Waals surface area contributed by atoms with Gasteiger partial charge in [0.05, 0.1) is 29.5 Å². The number of carbonyl (C=O) groups is 1. The Labute approximate surface area is 206 Å². The van der Waals surface area contributed by atoms with Crippen molar-refractivity contribution < 1.29 is 9.53 Å². The molecule has 0 radical (unpaired) electrons. The predicted molar refractivity (Wildman–Crippen MR) is 140 cm³/mol. The number of fused-ring (bicyclic) bond motifs is 1. The third-order valence-corrected chi connectivity index (χ3v) is 7.07. The fourth-order valence-electron chi connectivity index (χ4n) is 3.34. The van der Waals surface area contributed by atoms with Gasteiger partial charge in [-0.2, -0.15) is 0 Å². The van der Waals surface area contributed by atoms with E-state index >= 15 is 0 Å². The molecule has 0 aliphatic rings. The molecule has 1 amide bonds. The Bertz CT molecular complexity index is 1340. The molecule has 0 saturated carbocycles. The van der Waals surface area contributed by atoms with Crippen molar-refractivity contribution in [3.63, 3.8) is 0 Å². The van der Waals surface area contributed by atoms with E-state index in [0.29, 0.717) is 34.0 Å². The van der Waals surface area contributed by atoms with Crippen LogP contribution in [0.3, 0.4) is 0 Å². The number of amides is 1. The molecule has 0 unspecified atom stereocenters. The molecule has 34 heavy (non-hydrogen) atoms. The first-order valence-electron chi connectivity index (χ1n) is 10.8. The number of hydrogen-bond donors (Lipinski definition) is 1. The van der Waals surface area contributed by atoms with E-state index in [4.69, 9.17) is 4.74 Å². The lowest BCUT2D eigenvalue weighted by Crippen LogP contribution is -2.28. The fraction of sp³-hybridized carbons (Fsp3) is 0.192. The summed E-state index contributed by atoms with van der Waals surface area (Å²) in [6.07, 6.45) is 0. The molecule has 1 N–H and O–H groups in total. The fourth-order valence-corrected chi connectivity index (χ4v) is 4.95. The maximum absolute atomic E-state index is 13.3. The minimum absolute atomic E-state index is 0.0989. The number of carbonyl (C=O) groups excluding carboxylic acids is 1. The molecule has 8 heteroatoms. The van der Waals surface area contributed by atoms with Crippen molar-refractivity contribution in [3.8, 4) is 11.4 Å². The molecule has 4 aromatic rings. The molecule has 0 spiro atoms.